The third-order valence-electron chi connectivity index (χ3n) is 6.10. The first-order valence-electron chi connectivity index (χ1n) is 11.1. The Kier molecular flexibility index (Phi) is 6.19. The standard InChI is InChI=1S/C25H27BrN6/c1-18-6-8-19(9-7-18)16-31-11-3-5-21(17-31)23-12-24(28-14-20-4-2-10-27-13-20)32-25(30-23)22(26)15-29-32/h2,4,6-10,12-13,15,21,28H,3,5,11,14,16-17H2,1H3. The van der Waals surface area contributed by atoms with Gasteiger partial charge >= 0.3 is 0 Å². The smallest absolute Gasteiger partial charge is 0.171 e. The van der Waals surface area contributed by atoms with E-state index in [1.54, 1.807) is 6.20 Å². The van der Waals surface area contributed by atoms with Crippen LogP contribution in [0.25, 0.3) is 5.65 Å². The number of likely N-dealkylation sites (tertiary alicyclic amines) is 1. The van der Waals surface area contributed by atoms with E-state index in [9.17, 15) is 0 Å². The molecule has 1 aliphatic rings. The normalized spacial score (nSPS) is 17.0. The monoisotopic (exact) mass is 490 g/mol. The molecular formula is C25H27BrN6. The minimum Gasteiger partial charge on any atom is -0.366 e. The number of piperidine rings is 1. The SMILES string of the molecule is Cc1ccc(CN2CCCC(c3cc(NCc4cccnc4)n4ncc(Br)c4n3)C2)cc1. The molecule has 1 aliphatic heterocycles. The second-order valence-corrected chi connectivity index (χ2v) is 9.42. The summed E-state index contributed by atoms with van der Waals surface area (Å²) in [5.41, 5.74) is 5.79. The fourth-order valence-corrected chi connectivity index (χ4v) is 4.73. The molecule has 3 aromatic heterocycles. The number of nitrogens with zero attached hydrogens (tertiary/aromatic N) is 5. The molecule has 1 atom stereocenters. The second-order valence-electron chi connectivity index (χ2n) is 8.57. The molecule has 0 bridgehead atoms. The van der Waals surface area contributed by atoms with Crippen molar-refractivity contribution in [3.8, 4) is 0 Å². The zero-order chi connectivity index (χ0) is 21.9. The summed E-state index contributed by atoms with van der Waals surface area (Å²) in [6.07, 6.45) is 7.83. The van der Waals surface area contributed by atoms with Gasteiger partial charge in [-0.3, -0.25) is 9.88 Å². The lowest BCUT2D eigenvalue weighted by molar-refractivity contribution is 0.198. The summed E-state index contributed by atoms with van der Waals surface area (Å²) in [6.45, 7) is 5.96. The van der Waals surface area contributed by atoms with Crippen LogP contribution >= 0.6 is 15.9 Å². The minimum atomic E-state index is 0.403. The molecule has 1 aromatic carbocycles. The van der Waals surface area contributed by atoms with E-state index in [2.05, 4.69) is 79.6 Å². The lowest BCUT2D eigenvalue weighted by Gasteiger charge is -2.32. The number of aryl methyl sites for hydroxylation is 1. The molecule has 0 aliphatic carbocycles. The largest absolute Gasteiger partial charge is 0.366 e. The van der Waals surface area contributed by atoms with E-state index in [0.29, 0.717) is 12.5 Å². The molecule has 4 aromatic rings. The predicted octanol–water partition coefficient (Wildman–Crippen LogP) is 5.19. The van der Waals surface area contributed by atoms with Crippen LogP contribution < -0.4 is 5.32 Å². The van der Waals surface area contributed by atoms with E-state index in [-0.39, 0.29) is 0 Å². The summed E-state index contributed by atoms with van der Waals surface area (Å²) in [5, 5.41) is 8.05. The van der Waals surface area contributed by atoms with Gasteiger partial charge in [-0.1, -0.05) is 35.9 Å². The molecule has 0 radical (unpaired) electrons. The van der Waals surface area contributed by atoms with Gasteiger partial charge in [-0.15, -0.1) is 0 Å². The maximum absolute atomic E-state index is 5.00. The molecular weight excluding hydrogens is 464 g/mol. The first-order valence-corrected chi connectivity index (χ1v) is 11.9. The number of hydrogen-bond donors (Lipinski definition) is 1. The fourth-order valence-electron chi connectivity index (χ4n) is 4.38. The van der Waals surface area contributed by atoms with Gasteiger partial charge in [0.25, 0.3) is 0 Å². The molecule has 0 spiro atoms. The van der Waals surface area contributed by atoms with Gasteiger partial charge in [0.05, 0.1) is 16.4 Å². The van der Waals surface area contributed by atoms with Crippen LogP contribution in [0.4, 0.5) is 5.82 Å². The van der Waals surface area contributed by atoms with E-state index in [4.69, 9.17) is 4.98 Å². The summed E-state index contributed by atoms with van der Waals surface area (Å²) < 4.78 is 2.78. The number of fused-ring (bicyclic) bond motifs is 1. The molecule has 6 nitrogen and oxygen atoms in total. The van der Waals surface area contributed by atoms with Gasteiger partial charge in [0.15, 0.2) is 5.65 Å². The Morgan fingerprint density at radius 1 is 1.12 bits per heavy atom. The van der Waals surface area contributed by atoms with Crippen LogP contribution in [0, 0.1) is 6.92 Å². The molecule has 1 unspecified atom stereocenters. The quantitative estimate of drug-likeness (QED) is 0.403. The van der Waals surface area contributed by atoms with Crippen LogP contribution in [0.3, 0.4) is 0 Å². The topological polar surface area (TPSA) is 58.4 Å². The number of rotatable bonds is 6. The molecule has 1 fully saturated rings. The van der Waals surface area contributed by atoms with Crippen molar-refractivity contribution in [1.29, 1.82) is 0 Å². The van der Waals surface area contributed by atoms with E-state index in [1.165, 1.54) is 17.5 Å². The van der Waals surface area contributed by atoms with Crippen molar-refractivity contribution in [2.75, 3.05) is 18.4 Å². The summed E-state index contributed by atoms with van der Waals surface area (Å²) >= 11 is 3.62. The Hall–Kier alpha value is -2.77. The number of pyridine rings is 1. The van der Waals surface area contributed by atoms with Crippen LogP contribution in [0.1, 0.15) is 41.1 Å². The van der Waals surface area contributed by atoms with Crippen molar-refractivity contribution in [3.05, 3.63) is 87.9 Å². The molecule has 1 saturated heterocycles. The van der Waals surface area contributed by atoms with Gasteiger partial charge in [0.2, 0.25) is 0 Å². The van der Waals surface area contributed by atoms with Crippen LogP contribution in [0.15, 0.2) is 65.5 Å². The highest BCUT2D eigenvalue weighted by atomic mass is 79.9. The van der Waals surface area contributed by atoms with Crippen molar-refractivity contribution >= 4 is 27.4 Å². The zero-order valence-electron chi connectivity index (χ0n) is 18.2. The molecule has 5 rings (SSSR count). The Morgan fingerprint density at radius 2 is 2.00 bits per heavy atom. The summed E-state index contributed by atoms with van der Waals surface area (Å²) in [4.78, 5) is 11.8. The third-order valence-corrected chi connectivity index (χ3v) is 6.65. The average molecular weight is 491 g/mol. The first kappa shape index (κ1) is 21.1. The first-order chi connectivity index (χ1) is 15.7. The van der Waals surface area contributed by atoms with Crippen LogP contribution in [0.5, 0.6) is 0 Å². The Labute approximate surface area is 196 Å². The number of benzene rings is 1. The second kappa shape index (κ2) is 9.38. The van der Waals surface area contributed by atoms with Crippen molar-refractivity contribution < 1.29 is 0 Å². The number of hydrogen-bond acceptors (Lipinski definition) is 5. The van der Waals surface area contributed by atoms with Crippen LogP contribution in [-0.4, -0.2) is 37.6 Å². The molecule has 1 N–H and O–H groups in total. The predicted molar refractivity (Wildman–Crippen MR) is 131 cm³/mol. The zero-order valence-corrected chi connectivity index (χ0v) is 19.8. The van der Waals surface area contributed by atoms with E-state index < -0.39 is 0 Å². The fraction of sp³-hybridized carbons (Fsp3) is 0.320. The molecule has 0 saturated carbocycles. The number of halogens is 1. The van der Waals surface area contributed by atoms with Crippen LogP contribution in [-0.2, 0) is 13.1 Å². The van der Waals surface area contributed by atoms with Gasteiger partial charge < -0.3 is 5.32 Å². The van der Waals surface area contributed by atoms with Gasteiger partial charge in [0.1, 0.15) is 5.82 Å². The molecule has 32 heavy (non-hydrogen) atoms. The molecule has 164 valence electrons. The van der Waals surface area contributed by atoms with Crippen molar-refractivity contribution in [1.82, 2.24) is 24.5 Å². The average Bonchev–Trinajstić information content (AvgIpc) is 3.21. The summed E-state index contributed by atoms with van der Waals surface area (Å²) in [6, 6.07) is 15.1. The van der Waals surface area contributed by atoms with Gasteiger partial charge in [0, 0.05) is 44.0 Å². The number of anilines is 1. The van der Waals surface area contributed by atoms with Crippen molar-refractivity contribution in [3.63, 3.8) is 0 Å². The Morgan fingerprint density at radius 3 is 2.81 bits per heavy atom. The van der Waals surface area contributed by atoms with E-state index in [1.807, 2.05) is 23.0 Å². The maximum Gasteiger partial charge on any atom is 0.171 e. The maximum atomic E-state index is 5.00. The lowest BCUT2D eigenvalue weighted by Crippen LogP contribution is -2.34. The van der Waals surface area contributed by atoms with Gasteiger partial charge in [-0.2, -0.15) is 9.61 Å². The summed E-state index contributed by atoms with van der Waals surface area (Å²) in [5.74, 6) is 1.36. The number of nitrogens with one attached hydrogen (secondary N) is 1. The number of aromatic nitrogens is 4. The van der Waals surface area contributed by atoms with E-state index in [0.717, 1.165) is 53.3 Å². The Bertz CT molecular complexity index is 1190. The van der Waals surface area contributed by atoms with Crippen molar-refractivity contribution in [2.24, 2.45) is 0 Å². The Balaban J connectivity index is 1.37. The van der Waals surface area contributed by atoms with E-state index >= 15 is 0 Å². The lowest BCUT2D eigenvalue weighted by atomic mass is 9.94. The summed E-state index contributed by atoms with van der Waals surface area (Å²) in [7, 11) is 0. The van der Waals surface area contributed by atoms with Gasteiger partial charge in [-0.25, -0.2) is 4.98 Å². The molecule has 4 heterocycles. The van der Waals surface area contributed by atoms with Gasteiger partial charge in [-0.05, 0) is 59.4 Å². The highest BCUT2D eigenvalue weighted by molar-refractivity contribution is 9.10. The highest BCUT2D eigenvalue weighted by Crippen LogP contribution is 2.30. The minimum absolute atomic E-state index is 0.403. The highest BCUT2D eigenvalue weighted by Gasteiger charge is 2.24. The molecule has 7 heteroatoms. The van der Waals surface area contributed by atoms with Crippen molar-refractivity contribution in [2.45, 2.75) is 38.8 Å². The third kappa shape index (κ3) is 4.69. The molecule has 0 amide bonds. The van der Waals surface area contributed by atoms with Crippen LogP contribution in [0.2, 0.25) is 0 Å².